The number of nitrogens with two attached hydrogens (primary N) is 1. The summed E-state index contributed by atoms with van der Waals surface area (Å²) in [5.41, 5.74) is 6.60. The van der Waals surface area contributed by atoms with Crippen LogP contribution in [-0.4, -0.2) is 53.3 Å². The van der Waals surface area contributed by atoms with Crippen LogP contribution in [0.4, 0.5) is 0 Å². The minimum atomic E-state index is 0.444. The first kappa shape index (κ1) is 18.2. The molecule has 0 atom stereocenters. The fourth-order valence-electron chi connectivity index (χ4n) is 1.73. The highest BCUT2D eigenvalue weighted by Gasteiger charge is 2.07. The molecule has 1 aromatic carbocycles. The van der Waals surface area contributed by atoms with Crippen LogP contribution >= 0.6 is 11.6 Å². The van der Waals surface area contributed by atoms with Crippen molar-refractivity contribution in [3.8, 4) is 5.75 Å². The Balaban J connectivity index is 2.18. The molecule has 0 fully saturated rings. The highest BCUT2D eigenvalue weighted by atomic mass is 35.5. The predicted molar refractivity (Wildman–Crippen MR) is 83.2 cm³/mol. The van der Waals surface area contributed by atoms with Gasteiger partial charge in [-0.1, -0.05) is 23.7 Å². The molecule has 0 aliphatic carbocycles. The van der Waals surface area contributed by atoms with Crippen molar-refractivity contribution in [2.75, 3.05) is 53.3 Å². The van der Waals surface area contributed by atoms with Gasteiger partial charge in [0, 0.05) is 7.11 Å². The maximum absolute atomic E-state index is 6.14. The molecule has 6 heteroatoms. The molecule has 0 bridgehead atoms. The van der Waals surface area contributed by atoms with Gasteiger partial charge in [0.2, 0.25) is 0 Å². The molecular formula is C15H24ClNO4. The Morgan fingerprint density at radius 2 is 1.67 bits per heavy atom. The minimum absolute atomic E-state index is 0.444. The van der Waals surface area contributed by atoms with Crippen LogP contribution in [0.15, 0.2) is 18.2 Å². The number of halogens is 1. The Hall–Kier alpha value is -0.850. The number of hydrogen-bond acceptors (Lipinski definition) is 5. The van der Waals surface area contributed by atoms with Crippen LogP contribution in [-0.2, 0) is 20.6 Å². The zero-order valence-corrected chi connectivity index (χ0v) is 13.2. The third-order valence-corrected chi connectivity index (χ3v) is 3.04. The number of methoxy groups -OCH3 is 1. The van der Waals surface area contributed by atoms with Crippen molar-refractivity contribution in [2.45, 2.75) is 6.42 Å². The van der Waals surface area contributed by atoms with Gasteiger partial charge in [-0.05, 0) is 24.6 Å². The van der Waals surface area contributed by atoms with E-state index in [-0.39, 0.29) is 0 Å². The molecule has 5 nitrogen and oxygen atoms in total. The fraction of sp³-hybridized carbons (Fsp3) is 0.600. The third-order valence-electron chi connectivity index (χ3n) is 2.74. The second-order valence-corrected chi connectivity index (χ2v) is 4.74. The highest BCUT2D eigenvalue weighted by molar-refractivity contribution is 6.32. The van der Waals surface area contributed by atoms with Gasteiger partial charge in [-0.3, -0.25) is 0 Å². The minimum Gasteiger partial charge on any atom is -0.489 e. The van der Waals surface area contributed by atoms with E-state index in [1.165, 1.54) is 0 Å². The maximum atomic E-state index is 6.14. The van der Waals surface area contributed by atoms with E-state index in [4.69, 9.17) is 36.3 Å². The average Bonchev–Trinajstić information content (AvgIpc) is 2.48. The van der Waals surface area contributed by atoms with Gasteiger partial charge < -0.3 is 24.7 Å². The smallest absolute Gasteiger partial charge is 0.141 e. The summed E-state index contributed by atoms with van der Waals surface area (Å²) in [5, 5.41) is 0.601. The van der Waals surface area contributed by atoms with Crippen molar-refractivity contribution >= 4 is 11.6 Å². The maximum Gasteiger partial charge on any atom is 0.141 e. The van der Waals surface area contributed by atoms with Crippen LogP contribution in [0.3, 0.4) is 0 Å². The second kappa shape index (κ2) is 11.8. The van der Waals surface area contributed by atoms with Crippen LogP contribution in [0.25, 0.3) is 0 Å². The lowest BCUT2D eigenvalue weighted by molar-refractivity contribution is 0.0179. The summed E-state index contributed by atoms with van der Waals surface area (Å²) in [7, 11) is 1.64. The number of para-hydroxylation sites is 1. The quantitative estimate of drug-likeness (QED) is 0.597. The van der Waals surface area contributed by atoms with Crippen molar-refractivity contribution in [3.63, 3.8) is 0 Å². The molecular weight excluding hydrogens is 294 g/mol. The van der Waals surface area contributed by atoms with Crippen molar-refractivity contribution in [1.82, 2.24) is 0 Å². The van der Waals surface area contributed by atoms with E-state index in [9.17, 15) is 0 Å². The molecule has 1 aromatic rings. The Labute approximate surface area is 131 Å². The monoisotopic (exact) mass is 317 g/mol. The molecule has 2 N–H and O–H groups in total. The van der Waals surface area contributed by atoms with E-state index in [2.05, 4.69) is 0 Å². The number of hydrogen-bond donors (Lipinski definition) is 1. The van der Waals surface area contributed by atoms with Gasteiger partial charge in [-0.25, -0.2) is 0 Å². The Morgan fingerprint density at radius 1 is 1.00 bits per heavy atom. The molecule has 0 heterocycles. The first-order chi connectivity index (χ1) is 10.3. The molecule has 120 valence electrons. The van der Waals surface area contributed by atoms with Crippen molar-refractivity contribution in [2.24, 2.45) is 5.73 Å². The summed E-state index contributed by atoms with van der Waals surface area (Å²) in [6.07, 6.45) is 0.740. The van der Waals surface area contributed by atoms with E-state index >= 15 is 0 Å². The van der Waals surface area contributed by atoms with E-state index < -0.39 is 0 Å². The number of benzene rings is 1. The average molecular weight is 318 g/mol. The summed E-state index contributed by atoms with van der Waals surface area (Å²) >= 11 is 6.14. The molecule has 0 saturated heterocycles. The lowest BCUT2D eigenvalue weighted by Gasteiger charge is -2.13. The number of rotatable bonds is 12. The zero-order valence-electron chi connectivity index (χ0n) is 12.5. The molecule has 1 rings (SSSR count). The van der Waals surface area contributed by atoms with Gasteiger partial charge in [0.25, 0.3) is 0 Å². The van der Waals surface area contributed by atoms with Crippen LogP contribution in [0.5, 0.6) is 5.75 Å². The molecule has 0 unspecified atom stereocenters. The largest absolute Gasteiger partial charge is 0.489 e. The fourth-order valence-corrected chi connectivity index (χ4v) is 1.98. The first-order valence-electron chi connectivity index (χ1n) is 7.04. The normalized spacial score (nSPS) is 10.8. The second-order valence-electron chi connectivity index (χ2n) is 4.33. The van der Waals surface area contributed by atoms with Crippen molar-refractivity contribution in [1.29, 1.82) is 0 Å². The van der Waals surface area contributed by atoms with Gasteiger partial charge in [0.1, 0.15) is 12.4 Å². The van der Waals surface area contributed by atoms with Crippen LogP contribution in [0.2, 0.25) is 5.02 Å². The standard InChI is InChI=1S/C15H24ClNO4/c1-18-7-8-19-9-10-20-11-12-21-15-13(5-6-17)3-2-4-14(15)16/h2-4H,5-12,17H2,1H3. The predicted octanol–water partition coefficient (Wildman–Crippen LogP) is 1.90. The Bertz CT molecular complexity index is 390. The van der Waals surface area contributed by atoms with Gasteiger partial charge in [0.05, 0.1) is 38.1 Å². The summed E-state index contributed by atoms with van der Waals surface area (Å²) in [5.74, 6) is 0.699. The first-order valence-corrected chi connectivity index (χ1v) is 7.42. The van der Waals surface area contributed by atoms with E-state index in [1.807, 2.05) is 12.1 Å². The number of ether oxygens (including phenoxy) is 4. The van der Waals surface area contributed by atoms with Gasteiger partial charge in [-0.15, -0.1) is 0 Å². The van der Waals surface area contributed by atoms with Crippen LogP contribution in [0, 0.1) is 0 Å². The molecule has 0 aliphatic rings. The van der Waals surface area contributed by atoms with Crippen molar-refractivity contribution < 1.29 is 18.9 Å². The molecule has 0 aliphatic heterocycles. The topological polar surface area (TPSA) is 62.9 Å². The molecule has 0 radical (unpaired) electrons. The highest BCUT2D eigenvalue weighted by Crippen LogP contribution is 2.28. The van der Waals surface area contributed by atoms with Crippen LogP contribution < -0.4 is 10.5 Å². The molecule has 21 heavy (non-hydrogen) atoms. The molecule has 0 spiro atoms. The third kappa shape index (κ3) is 7.64. The lowest BCUT2D eigenvalue weighted by atomic mass is 10.1. The van der Waals surface area contributed by atoms with Gasteiger partial charge in [0.15, 0.2) is 0 Å². The Morgan fingerprint density at radius 3 is 2.33 bits per heavy atom. The summed E-state index contributed by atoms with van der Waals surface area (Å²) in [6, 6.07) is 5.67. The van der Waals surface area contributed by atoms with Gasteiger partial charge in [-0.2, -0.15) is 0 Å². The molecule has 0 saturated carbocycles. The SMILES string of the molecule is COCCOCCOCCOc1c(Cl)cccc1CCN. The van der Waals surface area contributed by atoms with E-state index in [0.717, 1.165) is 12.0 Å². The Kier molecular flexibility index (Phi) is 10.2. The molecule has 0 aromatic heterocycles. The van der Waals surface area contributed by atoms with Gasteiger partial charge >= 0.3 is 0 Å². The van der Waals surface area contributed by atoms with Crippen molar-refractivity contribution in [3.05, 3.63) is 28.8 Å². The summed E-state index contributed by atoms with van der Waals surface area (Å²) in [4.78, 5) is 0. The zero-order chi connectivity index (χ0) is 15.3. The summed E-state index contributed by atoms with van der Waals surface area (Å²) < 4.78 is 21.3. The van der Waals surface area contributed by atoms with E-state index in [0.29, 0.717) is 57.0 Å². The summed E-state index contributed by atoms with van der Waals surface area (Å²) in [6.45, 7) is 3.75. The van der Waals surface area contributed by atoms with E-state index in [1.54, 1.807) is 13.2 Å². The van der Waals surface area contributed by atoms with Crippen LogP contribution in [0.1, 0.15) is 5.56 Å². The molecule has 0 amide bonds. The lowest BCUT2D eigenvalue weighted by Crippen LogP contribution is -2.13.